The molecular weight excluding hydrogens is 701 g/mol. The third-order valence-electron chi connectivity index (χ3n) is 10.8. The lowest BCUT2D eigenvalue weighted by Gasteiger charge is -2.50. The number of benzene rings is 3. The highest BCUT2D eigenvalue weighted by Gasteiger charge is 2.71. The average Bonchev–Trinajstić information content (AvgIpc) is 3.48. The van der Waals surface area contributed by atoms with Crippen molar-refractivity contribution in [1.29, 1.82) is 0 Å². The molecule has 4 aliphatic rings. The number of imide groups is 2. The van der Waals surface area contributed by atoms with E-state index in [4.69, 9.17) is 32.7 Å². The summed E-state index contributed by atoms with van der Waals surface area (Å²) >= 11 is 12.6. The van der Waals surface area contributed by atoms with Crippen molar-refractivity contribution < 1.29 is 43.7 Å². The number of hydrogen-bond acceptors (Lipinski definition) is 9. The molecule has 3 aromatic rings. The van der Waals surface area contributed by atoms with Crippen molar-refractivity contribution in [3.05, 3.63) is 93.5 Å². The number of nitrogens with zero attached hydrogens (tertiary/aromatic N) is 2. The molecule has 0 bridgehead atoms. The highest BCUT2D eigenvalue weighted by molar-refractivity contribution is 6.36. The zero-order valence-electron chi connectivity index (χ0n) is 27.5. The lowest BCUT2D eigenvalue weighted by molar-refractivity contribution is -0.143. The molecule has 14 heteroatoms. The number of phenols is 1. The van der Waals surface area contributed by atoms with Gasteiger partial charge in [-0.2, -0.15) is 5.01 Å². The zero-order valence-corrected chi connectivity index (χ0v) is 29.0. The minimum Gasteiger partial charge on any atom is -0.508 e. The molecule has 0 radical (unpaired) electrons. The number of amides is 4. The summed E-state index contributed by atoms with van der Waals surface area (Å²) < 4.78 is 11.2. The zero-order chi connectivity index (χ0) is 36.4. The van der Waals surface area contributed by atoms with E-state index in [1.807, 2.05) is 6.08 Å². The fourth-order valence-electron chi connectivity index (χ4n) is 8.65. The summed E-state index contributed by atoms with van der Waals surface area (Å²) in [6, 6.07) is 16.0. The van der Waals surface area contributed by atoms with Crippen LogP contribution in [0, 0.1) is 23.7 Å². The van der Waals surface area contributed by atoms with Crippen LogP contribution in [0.2, 0.25) is 10.0 Å². The number of hydrogen-bond donors (Lipinski definition) is 3. The molecule has 1 saturated carbocycles. The minimum absolute atomic E-state index is 0.00562. The van der Waals surface area contributed by atoms with E-state index in [9.17, 15) is 29.4 Å². The second-order valence-electron chi connectivity index (χ2n) is 13.1. The quantitative estimate of drug-likeness (QED) is 0.197. The number of rotatable bonds is 9. The number of hydrazine groups is 1. The monoisotopic (exact) mass is 733 g/mol. The predicted molar refractivity (Wildman–Crippen MR) is 184 cm³/mol. The lowest BCUT2D eigenvalue weighted by atomic mass is 9.49. The summed E-state index contributed by atoms with van der Waals surface area (Å²) in [4.78, 5) is 70.2. The van der Waals surface area contributed by atoms with Gasteiger partial charge in [-0.05, 0) is 66.8 Å². The Morgan fingerprint density at radius 1 is 0.961 bits per heavy atom. The molecule has 7 rings (SSSR count). The standard InChI is InChI=1S/C37H33Cl2N3O9/c1-50-20-9-6-18(7-10-20)37-24(34(47)42(36(37)49)40-26-13-8-19(38)16-25(26)39)17-23-21(32(37)31-27(43)4-3-5-28(31)51-2)11-12-22-30(23)35(48)41(33(22)46)15-14-29(44)45/h3-11,13,16,22-24,30,32,40,43H,12,14-15,17H2,1-2H3,(H,44,45)/t22-,23+,24-,30-,32+,37+/m0/s1. The van der Waals surface area contributed by atoms with Crippen molar-refractivity contribution in [2.24, 2.45) is 23.7 Å². The third kappa shape index (κ3) is 5.22. The Hall–Kier alpha value is -5.07. The Bertz CT molecular complexity index is 2020. The molecule has 3 fully saturated rings. The summed E-state index contributed by atoms with van der Waals surface area (Å²) in [5.74, 6) is -7.45. The molecule has 0 unspecified atom stereocenters. The molecule has 2 aliphatic carbocycles. The number of likely N-dealkylation sites (tertiary alicyclic amines) is 1. The summed E-state index contributed by atoms with van der Waals surface area (Å²) in [7, 11) is 2.94. The highest BCUT2D eigenvalue weighted by Crippen LogP contribution is 2.66. The number of nitrogens with one attached hydrogen (secondary N) is 1. The molecule has 12 nitrogen and oxygen atoms in total. The number of carboxylic acid groups (broad SMARTS) is 1. The number of carboxylic acids is 1. The van der Waals surface area contributed by atoms with E-state index in [1.165, 1.54) is 32.4 Å². The van der Waals surface area contributed by atoms with Crippen LogP contribution in [-0.4, -0.2) is 70.5 Å². The van der Waals surface area contributed by atoms with Gasteiger partial charge in [0.2, 0.25) is 11.8 Å². The number of ether oxygens (including phenoxy) is 2. The maximum Gasteiger partial charge on any atom is 0.305 e. The number of methoxy groups -OCH3 is 2. The molecule has 0 spiro atoms. The van der Waals surface area contributed by atoms with E-state index in [2.05, 4.69) is 5.43 Å². The molecular formula is C37H33Cl2N3O9. The smallest absolute Gasteiger partial charge is 0.305 e. The van der Waals surface area contributed by atoms with E-state index in [-0.39, 0.29) is 47.2 Å². The first-order valence-electron chi connectivity index (χ1n) is 16.3. The van der Waals surface area contributed by atoms with Crippen LogP contribution in [0.1, 0.15) is 36.3 Å². The molecule has 0 aromatic heterocycles. The molecule has 4 amide bonds. The van der Waals surface area contributed by atoms with Crippen LogP contribution in [-0.2, 0) is 29.4 Å². The minimum atomic E-state index is -1.70. The normalized spacial score (nSPS) is 26.7. The van der Waals surface area contributed by atoms with Gasteiger partial charge in [-0.3, -0.25) is 34.3 Å². The first kappa shape index (κ1) is 34.4. The van der Waals surface area contributed by atoms with Crippen LogP contribution in [0.5, 0.6) is 17.2 Å². The summed E-state index contributed by atoms with van der Waals surface area (Å²) in [5.41, 5.74) is 2.74. The molecule has 2 heterocycles. The van der Waals surface area contributed by atoms with Gasteiger partial charge in [0.25, 0.3) is 11.8 Å². The molecule has 3 N–H and O–H groups in total. The summed E-state index contributed by atoms with van der Waals surface area (Å²) in [6.45, 7) is -0.283. The van der Waals surface area contributed by atoms with E-state index in [0.29, 0.717) is 21.9 Å². The second-order valence-corrected chi connectivity index (χ2v) is 13.9. The highest BCUT2D eigenvalue weighted by atomic mass is 35.5. The number of carbonyl (C=O) groups excluding carboxylic acids is 4. The van der Waals surface area contributed by atoms with Crippen molar-refractivity contribution in [1.82, 2.24) is 9.91 Å². The lowest BCUT2D eigenvalue weighted by Crippen LogP contribution is -2.53. The van der Waals surface area contributed by atoms with Gasteiger partial charge in [0, 0.05) is 23.0 Å². The fraction of sp³-hybridized carbons (Fsp3) is 0.324. The van der Waals surface area contributed by atoms with Gasteiger partial charge in [0.1, 0.15) is 17.2 Å². The molecule has 264 valence electrons. The molecule has 2 saturated heterocycles. The molecule has 51 heavy (non-hydrogen) atoms. The van der Waals surface area contributed by atoms with Gasteiger partial charge in [0.15, 0.2) is 0 Å². The van der Waals surface area contributed by atoms with Crippen LogP contribution in [0.25, 0.3) is 0 Å². The number of aliphatic carboxylic acids is 1. The largest absolute Gasteiger partial charge is 0.508 e. The SMILES string of the molecule is COc1ccc([C@@]23C(=O)N(Nc4ccc(Cl)cc4Cl)C(=O)[C@@H]2C[C@@H]2C(=CC[C@@H]4C(=O)N(CCC(=O)O)C(=O)[C@@H]42)[C@@H]3c2c(O)cccc2OC)cc1. The van der Waals surface area contributed by atoms with Crippen LogP contribution in [0.3, 0.4) is 0 Å². The van der Waals surface area contributed by atoms with Crippen molar-refractivity contribution in [2.45, 2.75) is 30.6 Å². The van der Waals surface area contributed by atoms with Crippen LogP contribution in [0.4, 0.5) is 5.69 Å². The van der Waals surface area contributed by atoms with Gasteiger partial charge >= 0.3 is 5.97 Å². The van der Waals surface area contributed by atoms with Crippen LogP contribution >= 0.6 is 23.2 Å². The molecule has 3 aromatic carbocycles. The maximum absolute atomic E-state index is 15.3. The van der Waals surface area contributed by atoms with E-state index in [1.54, 1.807) is 42.5 Å². The maximum atomic E-state index is 15.3. The number of allylic oxidation sites excluding steroid dienone is 2. The first-order valence-corrected chi connectivity index (χ1v) is 17.1. The average molecular weight is 735 g/mol. The second kappa shape index (κ2) is 12.9. The number of aromatic hydroxyl groups is 1. The van der Waals surface area contributed by atoms with Crippen LogP contribution in [0.15, 0.2) is 72.3 Å². The number of halogens is 2. The molecule has 2 aliphatic heterocycles. The topological polar surface area (TPSA) is 163 Å². The fourth-order valence-corrected chi connectivity index (χ4v) is 9.10. The number of anilines is 1. The van der Waals surface area contributed by atoms with Gasteiger partial charge in [0.05, 0.1) is 54.5 Å². The Kier molecular flexibility index (Phi) is 8.71. The van der Waals surface area contributed by atoms with E-state index >= 15 is 4.79 Å². The summed E-state index contributed by atoms with van der Waals surface area (Å²) in [6.07, 6.45) is 1.54. The Labute approximate surface area is 302 Å². The van der Waals surface area contributed by atoms with Crippen molar-refractivity contribution in [2.75, 3.05) is 26.2 Å². The molecule has 6 atom stereocenters. The Morgan fingerprint density at radius 3 is 2.37 bits per heavy atom. The van der Waals surface area contributed by atoms with Gasteiger partial charge < -0.3 is 19.7 Å². The van der Waals surface area contributed by atoms with E-state index in [0.717, 1.165) is 9.91 Å². The number of fused-ring (bicyclic) bond motifs is 4. The van der Waals surface area contributed by atoms with Gasteiger partial charge in [-0.25, -0.2) is 0 Å². The number of carbonyl (C=O) groups is 5. The Morgan fingerprint density at radius 2 is 1.71 bits per heavy atom. The third-order valence-corrected chi connectivity index (χ3v) is 11.3. The number of phenolic OH excluding ortho intramolecular Hbond substituents is 1. The van der Waals surface area contributed by atoms with Gasteiger partial charge in [-0.15, -0.1) is 0 Å². The predicted octanol–water partition coefficient (Wildman–Crippen LogP) is 5.18. The van der Waals surface area contributed by atoms with Crippen molar-refractivity contribution >= 4 is 58.5 Å². The summed E-state index contributed by atoms with van der Waals surface area (Å²) in [5, 5.41) is 22.4. The van der Waals surface area contributed by atoms with Crippen molar-refractivity contribution in [3.63, 3.8) is 0 Å². The first-order chi connectivity index (χ1) is 24.4. The van der Waals surface area contributed by atoms with Gasteiger partial charge in [-0.1, -0.05) is 53.1 Å². The van der Waals surface area contributed by atoms with E-state index < -0.39 is 71.0 Å². The Balaban J connectivity index is 1.46. The van der Waals surface area contributed by atoms with Crippen molar-refractivity contribution in [3.8, 4) is 17.2 Å². The van der Waals surface area contributed by atoms with Crippen LogP contribution < -0.4 is 14.9 Å².